The maximum absolute atomic E-state index is 12.8. The van der Waals surface area contributed by atoms with Crippen molar-refractivity contribution in [2.24, 2.45) is 0 Å². The summed E-state index contributed by atoms with van der Waals surface area (Å²) in [6.07, 6.45) is 6.39. The molecule has 0 bridgehead atoms. The van der Waals surface area contributed by atoms with Crippen molar-refractivity contribution in [3.05, 3.63) is 22.7 Å². The zero-order valence-corrected chi connectivity index (χ0v) is 14.2. The van der Waals surface area contributed by atoms with Crippen LogP contribution in [0.5, 0.6) is 0 Å². The Labute approximate surface area is 132 Å². The number of hydrogen-bond acceptors (Lipinski definition) is 3. The summed E-state index contributed by atoms with van der Waals surface area (Å²) in [6.45, 7) is 1.78. The van der Waals surface area contributed by atoms with Crippen LogP contribution in [0.25, 0.3) is 0 Å². The molecule has 0 amide bonds. The first-order valence-corrected chi connectivity index (χ1v) is 9.19. The molecule has 1 aliphatic rings. The summed E-state index contributed by atoms with van der Waals surface area (Å²) in [7, 11) is -1.89. The van der Waals surface area contributed by atoms with E-state index in [1.54, 1.807) is 14.0 Å². The minimum atomic E-state index is -3.55. The molecule has 0 heterocycles. The van der Waals surface area contributed by atoms with Gasteiger partial charge in [-0.25, -0.2) is 8.42 Å². The van der Waals surface area contributed by atoms with E-state index in [9.17, 15) is 8.42 Å². The van der Waals surface area contributed by atoms with Gasteiger partial charge in [0, 0.05) is 23.8 Å². The molecule has 1 aliphatic carbocycles. The molecule has 1 aromatic rings. The lowest BCUT2D eigenvalue weighted by molar-refractivity contribution is 0.336. The van der Waals surface area contributed by atoms with Crippen molar-refractivity contribution in [3.8, 4) is 0 Å². The van der Waals surface area contributed by atoms with Gasteiger partial charge in [-0.2, -0.15) is 4.31 Å². The van der Waals surface area contributed by atoms with Crippen LogP contribution in [0.2, 0.25) is 5.02 Å². The normalized spacial score (nSPS) is 17.9. The third kappa shape index (κ3) is 3.52. The zero-order valence-electron chi connectivity index (χ0n) is 12.6. The molecule has 0 saturated heterocycles. The Hall–Kier alpha value is -0.780. The van der Waals surface area contributed by atoms with E-state index in [0.29, 0.717) is 16.3 Å². The van der Waals surface area contributed by atoms with E-state index in [1.165, 1.54) is 29.3 Å². The third-order valence-corrected chi connectivity index (χ3v) is 6.65. The van der Waals surface area contributed by atoms with Gasteiger partial charge < -0.3 is 5.73 Å². The monoisotopic (exact) mass is 330 g/mol. The van der Waals surface area contributed by atoms with Crippen molar-refractivity contribution in [1.29, 1.82) is 0 Å². The fraction of sp³-hybridized carbons (Fsp3) is 0.600. The van der Waals surface area contributed by atoms with Crippen LogP contribution < -0.4 is 5.73 Å². The molecule has 0 spiro atoms. The number of halogens is 1. The molecule has 4 nitrogen and oxygen atoms in total. The predicted octanol–water partition coefficient (Wildman–Crippen LogP) is 3.57. The van der Waals surface area contributed by atoms with Gasteiger partial charge in [-0.05, 0) is 37.5 Å². The summed E-state index contributed by atoms with van der Waals surface area (Å²) in [5.74, 6) is 0. The SMILES string of the molecule is Cc1c(N)cc(S(=O)(=O)N(C)C2CCCCCC2)cc1Cl. The van der Waals surface area contributed by atoms with Crippen LogP contribution >= 0.6 is 11.6 Å². The highest BCUT2D eigenvalue weighted by Gasteiger charge is 2.29. The van der Waals surface area contributed by atoms with Crippen molar-refractivity contribution in [1.82, 2.24) is 4.31 Å². The Morgan fingerprint density at radius 1 is 1.19 bits per heavy atom. The maximum atomic E-state index is 12.8. The highest BCUT2D eigenvalue weighted by Crippen LogP contribution is 2.30. The van der Waals surface area contributed by atoms with Gasteiger partial charge in [0.1, 0.15) is 0 Å². The smallest absolute Gasteiger partial charge is 0.243 e. The number of rotatable bonds is 3. The van der Waals surface area contributed by atoms with E-state index in [-0.39, 0.29) is 10.9 Å². The molecule has 118 valence electrons. The van der Waals surface area contributed by atoms with Gasteiger partial charge in [0.2, 0.25) is 10.0 Å². The summed E-state index contributed by atoms with van der Waals surface area (Å²) >= 11 is 6.08. The van der Waals surface area contributed by atoms with Crippen molar-refractivity contribution < 1.29 is 8.42 Å². The summed E-state index contributed by atoms with van der Waals surface area (Å²) in [5.41, 5.74) is 6.98. The van der Waals surface area contributed by atoms with Crippen LogP contribution in [0.15, 0.2) is 17.0 Å². The highest BCUT2D eigenvalue weighted by atomic mass is 35.5. The first-order valence-electron chi connectivity index (χ1n) is 7.37. The molecule has 1 saturated carbocycles. The average Bonchev–Trinajstić information content (AvgIpc) is 2.72. The van der Waals surface area contributed by atoms with Crippen LogP contribution in [0.4, 0.5) is 5.69 Å². The third-order valence-electron chi connectivity index (χ3n) is 4.37. The van der Waals surface area contributed by atoms with Gasteiger partial charge in [-0.3, -0.25) is 0 Å². The standard InChI is InChI=1S/C15H23ClN2O2S/c1-11-14(16)9-13(10-15(11)17)21(19,20)18(2)12-7-5-3-4-6-8-12/h9-10,12H,3-8,17H2,1-2H3. The van der Waals surface area contributed by atoms with Crippen LogP contribution in [0, 0.1) is 6.92 Å². The summed E-state index contributed by atoms with van der Waals surface area (Å²) < 4.78 is 27.0. The number of nitrogens with two attached hydrogens (primary N) is 1. The van der Waals surface area contributed by atoms with Gasteiger partial charge in [0.25, 0.3) is 0 Å². The summed E-state index contributed by atoms with van der Waals surface area (Å²) in [5, 5.41) is 0.392. The van der Waals surface area contributed by atoms with Crippen LogP contribution in [0.3, 0.4) is 0 Å². The predicted molar refractivity (Wildman–Crippen MR) is 87.0 cm³/mol. The van der Waals surface area contributed by atoms with Gasteiger partial charge >= 0.3 is 0 Å². The molecule has 6 heteroatoms. The van der Waals surface area contributed by atoms with Gasteiger partial charge in [0.15, 0.2) is 0 Å². The van der Waals surface area contributed by atoms with Gasteiger partial charge in [0.05, 0.1) is 4.90 Å². The molecule has 0 atom stereocenters. The zero-order chi connectivity index (χ0) is 15.6. The average molecular weight is 331 g/mol. The largest absolute Gasteiger partial charge is 0.398 e. The van der Waals surface area contributed by atoms with Crippen LogP contribution in [-0.4, -0.2) is 25.8 Å². The number of nitrogen functional groups attached to an aromatic ring is 1. The topological polar surface area (TPSA) is 63.4 Å². The van der Waals surface area contributed by atoms with E-state index in [4.69, 9.17) is 17.3 Å². The Bertz CT molecular complexity index is 585. The number of hydrogen-bond donors (Lipinski definition) is 1. The lowest BCUT2D eigenvalue weighted by Gasteiger charge is -2.26. The number of nitrogens with zero attached hydrogens (tertiary/aromatic N) is 1. The van der Waals surface area contributed by atoms with E-state index in [0.717, 1.165) is 25.7 Å². The Morgan fingerprint density at radius 3 is 2.29 bits per heavy atom. The number of sulfonamides is 1. The maximum Gasteiger partial charge on any atom is 0.243 e. The van der Waals surface area contributed by atoms with E-state index in [2.05, 4.69) is 0 Å². The molecule has 2 rings (SSSR count). The lowest BCUT2D eigenvalue weighted by Crippen LogP contribution is -2.36. The molecule has 21 heavy (non-hydrogen) atoms. The second-order valence-electron chi connectivity index (χ2n) is 5.79. The number of benzene rings is 1. The van der Waals surface area contributed by atoms with Crippen LogP contribution in [-0.2, 0) is 10.0 Å². The summed E-state index contributed by atoms with van der Waals surface area (Å²) in [4.78, 5) is 0.183. The Morgan fingerprint density at radius 2 is 1.76 bits per heavy atom. The van der Waals surface area contributed by atoms with Crippen molar-refractivity contribution >= 4 is 27.3 Å². The first-order chi connectivity index (χ1) is 9.84. The van der Waals surface area contributed by atoms with E-state index in [1.807, 2.05) is 0 Å². The first kappa shape index (κ1) is 16.6. The minimum absolute atomic E-state index is 0.0683. The molecular weight excluding hydrogens is 308 g/mol. The van der Waals surface area contributed by atoms with Crippen molar-refractivity contribution in [3.63, 3.8) is 0 Å². The molecule has 1 fully saturated rings. The summed E-state index contributed by atoms with van der Waals surface area (Å²) in [6, 6.07) is 3.07. The molecular formula is C15H23ClN2O2S. The lowest BCUT2D eigenvalue weighted by atomic mass is 10.1. The fourth-order valence-electron chi connectivity index (χ4n) is 2.81. The minimum Gasteiger partial charge on any atom is -0.398 e. The molecule has 2 N–H and O–H groups in total. The molecule has 0 unspecified atom stereocenters. The second kappa shape index (κ2) is 6.55. The molecule has 1 aromatic carbocycles. The van der Waals surface area contributed by atoms with Crippen molar-refractivity contribution in [2.75, 3.05) is 12.8 Å². The molecule has 0 aliphatic heterocycles. The van der Waals surface area contributed by atoms with Gasteiger partial charge in [-0.1, -0.05) is 37.3 Å². The van der Waals surface area contributed by atoms with Crippen molar-refractivity contribution in [2.45, 2.75) is 56.4 Å². The quantitative estimate of drug-likeness (QED) is 0.680. The van der Waals surface area contributed by atoms with E-state index >= 15 is 0 Å². The van der Waals surface area contributed by atoms with Gasteiger partial charge in [-0.15, -0.1) is 0 Å². The fourth-order valence-corrected chi connectivity index (χ4v) is 4.58. The Balaban J connectivity index is 2.32. The Kier molecular flexibility index (Phi) is 5.17. The van der Waals surface area contributed by atoms with Crippen LogP contribution in [0.1, 0.15) is 44.1 Å². The highest BCUT2D eigenvalue weighted by molar-refractivity contribution is 7.89. The number of anilines is 1. The molecule has 0 radical (unpaired) electrons. The second-order valence-corrected chi connectivity index (χ2v) is 8.19. The molecule has 0 aromatic heterocycles. The van der Waals surface area contributed by atoms with E-state index < -0.39 is 10.0 Å².